The van der Waals surface area contributed by atoms with Crippen LogP contribution in [0.2, 0.25) is 0 Å². The zero-order chi connectivity index (χ0) is 15.9. The monoisotopic (exact) mass is 319 g/mol. The molecule has 3 saturated carbocycles. The molecule has 1 N–H and O–H groups in total. The molecule has 3 fully saturated rings. The lowest BCUT2D eigenvalue weighted by molar-refractivity contribution is 0.0167. The number of H-pyrrole nitrogens is 1. The van der Waals surface area contributed by atoms with Crippen molar-refractivity contribution in [2.45, 2.75) is 38.2 Å². The van der Waals surface area contributed by atoms with Crippen LogP contribution in [0.4, 0.5) is 0 Å². The van der Waals surface area contributed by atoms with Crippen molar-refractivity contribution in [2.24, 2.45) is 11.8 Å². The molecule has 4 nitrogen and oxygen atoms in total. The molecule has 6 rings (SSSR count). The Labute approximate surface area is 141 Å². The fourth-order valence-corrected chi connectivity index (χ4v) is 4.37. The van der Waals surface area contributed by atoms with Crippen molar-refractivity contribution in [2.75, 3.05) is 0 Å². The highest BCUT2D eigenvalue weighted by atomic mass is 16.5. The van der Waals surface area contributed by atoms with Crippen LogP contribution in [-0.4, -0.2) is 21.3 Å². The third-order valence-corrected chi connectivity index (χ3v) is 5.74. The quantitative estimate of drug-likeness (QED) is 0.768. The van der Waals surface area contributed by atoms with Crippen LogP contribution >= 0.6 is 0 Å². The van der Waals surface area contributed by atoms with Gasteiger partial charge in [0.05, 0.1) is 5.69 Å². The molecule has 4 heteroatoms. The number of aromatic nitrogens is 3. The first kappa shape index (κ1) is 14.0. The van der Waals surface area contributed by atoms with E-state index in [1.807, 2.05) is 18.3 Å². The number of rotatable bonds is 3. The summed E-state index contributed by atoms with van der Waals surface area (Å²) in [5.74, 6) is 2.24. The Morgan fingerprint density at radius 1 is 0.958 bits per heavy atom. The van der Waals surface area contributed by atoms with Gasteiger partial charge in [0.2, 0.25) is 5.88 Å². The van der Waals surface area contributed by atoms with Crippen molar-refractivity contribution < 1.29 is 4.74 Å². The van der Waals surface area contributed by atoms with Gasteiger partial charge in [-0.15, -0.1) is 10.2 Å². The molecule has 24 heavy (non-hydrogen) atoms. The lowest BCUT2D eigenvalue weighted by Gasteiger charge is -2.41. The number of aromatic amines is 1. The lowest BCUT2D eigenvalue weighted by Crippen LogP contribution is -2.39. The predicted molar refractivity (Wildman–Crippen MR) is 93.8 cm³/mol. The van der Waals surface area contributed by atoms with Crippen LogP contribution in [-0.2, 0) is 0 Å². The molecule has 2 heterocycles. The minimum absolute atomic E-state index is 0.342. The maximum Gasteiger partial charge on any atom is 0.233 e. The number of benzene rings is 1. The summed E-state index contributed by atoms with van der Waals surface area (Å²) in [6.45, 7) is 0. The largest absolute Gasteiger partial charge is 0.473 e. The molecule has 0 saturated heterocycles. The van der Waals surface area contributed by atoms with Gasteiger partial charge >= 0.3 is 0 Å². The third-order valence-electron chi connectivity index (χ3n) is 5.74. The van der Waals surface area contributed by atoms with Gasteiger partial charge in [-0.3, -0.25) is 0 Å². The van der Waals surface area contributed by atoms with Gasteiger partial charge in [-0.25, -0.2) is 0 Å². The highest BCUT2D eigenvalue weighted by Crippen LogP contribution is 2.42. The molecule has 0 amide bonds. The Bertz CT molecular complexity index is 847. The molecular weight excluding hydrogens is 298 g/mol. The average molecular weight is 319 g/mol. The Morgan fingerprint density at radius 3 is 2.62 bits per heavy atom. The molecule has 1 unspecified atom stereocenters. The van der Waals surface area contributed by atoms with Crippen molar-refractivity contribution in [3.63, 3.8) is 0 Å². The third kappa shape index (κ3) is 2.46. The van der Waals surface area contributed by atoms with E-state index in [1.54, 1.807) is 0 Å². The van der Waals surface area contributed by atoms with Crippen LogP contribution in [0.1, 0.15) is 32.1 Å². The van der Waals surface area contributed by atoms with E-state index in [-0.39, 0.29) is 0 Å². The van der Waals surface area contributed by atoms with Crippen molar-refractivity contribution in [3.05, 3.63) is 42.6 Å². The van der Waals surface area contributed by atoms with E-state index in [4.69, 9.17) is 4.74 Å². The van der Waals surface area contributed by atoms with E-state index in [9.17, 15) is 0 Å². The van der Waals surface area contributed by atoms with Crippen LogP contribution in [0.5, 0.6) is 5.88 Å². The van der Waals surface area contributed by atoms with Gasteiger partial charge in [-0.2, -0.15) is 0 Å². The van der Waals surface area contributed by atoms with Gasteiger partial charge in [-0.1, -0.05) is 6.07 Å². The minimum Gasteiger partial charge on any atom is -0.473 e. The summed E-state index contributed by atoms with van der Waals surface area (Å²) in [6, 6.07) is 12.3. The highest BCUT2D eigenvalue weighted by molar-refractivity contribution is 5.84. The highest BCUT2D eigenvalue weighted by Gasteiger charge is 2.37. The van der Waals surface area contributed by atoms with Crippen molar-refractivity contribution in [3.8, 4) is 17.1 Å². The summed E-state index contributed by atoms with van der Waals surface area (Å²) in [5, 5.41) is 9.89. The summed E-state index contributed by atoms with van der Waals surface area (Å²) in [4.78, 5) is 3.21. The fourth-order valence-electron chi connectivity index (χ4n) is 4.37. The van der Waals surface area contributed by atoms with E-state index in [1.165, 1.54) is 37.5 Å². The molecule has 1 aromatic carbocycles. The Balaban J connectivity index is 1.35. The molecule has 2 bridgehead atoms. The fraction of sp³-hybridized carbons (Fsp3) is 0.400. The molecule has 3 aliphatic rings. The first-order chi connectivity index (χ1) is 11.8. The van der Waals surface area contributed by atoms with Crippen molar-refractivity contribution in [1.82, 2.24) is 15.2 Å². The summed E-state index contributed by atoms with van der Waals surface area (Å²) in [5.41, 5.74) is 3.10. The van der Waals surface area contributed by atoms with Gasteiger partial charge in [0, 0.05) is 28.7 Å². The zero-order valence-electron chi connectivity index (χ0n) is 13.6. The second-order valence-corrected chi connectivity index (χ2v) is 7.21. The van der Waals surface area contributed by atoms with E-state index >= 15 is 0 Å². The maximum absolute atomic E-state index is 6.16. The maximum atomic E-state index is 6.16. The Morgan fingerprint density at radius 2 is 1.88 bits per heavy atom. The average Bonchev–Trinajstić information content (AvgIpc) is 3.11. The van der Waals surface area contributed by atoms with Crippen molar-refractivity contribution >= 4 is 10.9 Å². The van der Waals surface area contributed by atoms with Gasteiger partial charge in [-0.05, 0) is 68.2 Å². The lowest BCUT2D eigenvalue weighted by atomic mass is 9.69. The van der Waals surface area contributed by atoms with Crippen LogP contribution in [0.25, 0.3) is 22.2 Å². The first-order valence-corrected chi connectivity index (χ1v) is 8.93. The minimum atomic E-state index is 0.342. The van der Waals surface area contributed by atoms with Crippen LogP contribution in [0, 0.1) is 11.8 Å². The van der Waals surface area contributed by atoms with Crippen LogP contribution < -0.4 is 4.74 Å². The van der Waals surface area contributed by atoms with Crippen molar-refractivity contribution in [1.29, 1.82) is 0 Å². The van der Waals surface area contributed by atoms with E-state index in [0.29, 0.717) is 17.9 Å². The number of ether oxygens (including phenoxy) is 1. The molecule has 3 aliphatic carbocycles. The van der Waals surface area contributed by atoms with Gasteiger partial charge in [0.25, 0.3) is 0 Å². The SMILES string of the molecule is c1cc2cc(-c3ccc(OC4CC5CCC4CC5)nn3)ccc2[nH]1. The van der Waals surface area contributed by atoms with Gasteiger partial charge in [0.15, 0.2) is 0 Å². The molecule has 3 aromatic rings. The Kier molecular flexibility index (Phi) is 3.28. The number of nitrogens with zero attached hydrogens (tertiary/aromatic N) is 2. The van der Waals surface area contributed by atoms with Crippen LogP contribution in [0.15, 0.2) is 42.6 Å². The van der Waals surface area contributed by atoms with E-state index in [0.717, 1.165) is 22.7 Å². The van der Waals surface area contributed by atoms with Gasteiger partial charge in [0.1, 0.15) is 6.10 Å². The predicted octanol–water partition coefficient (Wildman–Crippen LogP) is 4.58. The second-order valence-electron chi connectivity index (χ2n) is 7.21. The summed E-state index contributed by atoms with van der Waals surface area (Å²) in [6.07, 6.45) is 8.89. The van der Waals surface area contributed by atoms with Gasteiger partial charge < -0.3 is 9.72 Å². The Hall–Kier alpha value is -2.36. The number of hydrogen-bond donors (Lipinski definition) is 1. The summed E-state index contributed by atoms with van der Waals surface area (Å²) >= 11 is 0. The zero-order valence-corrected chi connectivity index (χ0v) is 13.6. The molecule has 122 valence electrons. The summed E-state index contributed by atoms with van der Waals surface area (Å²) in [7, 11) is 0. The van der Waals surface area contributed by atoms with E-state index in [2.05, 4.69) is 39.4 Å². The van der Waals surface area contributed by atoms with E-state index < -0.39 is 0 Å². The normalized spacial score (nSPS) is 25.9. The standard InChI is InChI=1S/C20H21N3O/c1-3-14-4-2-13(1)11-19(14)24-20-8-7-18(22-23-20)15-5-6-17-16(12-15)9-10-21-17/h5-10,12-14,19,21H,1-4,11H2. The number of hydrogen-bond acceptors (Lipinski definition) is 3. The molecule has 0 spiro atoms. The number of nitrogens with one attached hydrogen (secondary N) is 1. The molecular formula is C20H21N3O. The molecule has 1 atom stereocenters. The summed E-state index contributed by atoms with van der Waals surface area (Å²) < 4.78 is 6.16. The first-order valence-electron chi connectivity index (χ1n) is 8.93. The molecule has 0 radical (unpaired) electrons. The molecule has 2 aromatic heterocycles. The topological polar surface area (TPSA) is 50.8 Å². The second kappa shape index (κ2) is 5.62. The number of fused-ring (bicyclic) bond motifs is 4. The smallest absolute Gasteiger partial charge is 0.233 e. The van der Waals surface area contributed by atoms with Crippen LogP contribution in [0.3, 0.4) is 0 Å². The molecule has 0 aliphatic heterocycles.